The van der Waals surface area contributed by atoms with E-state index in [-0.39, 0.29) is 24.3 Å². The van der Waals surface area contributed by atoms with Crippen molar-refractivity contribution in [2.45, 2.75) is 45.6 Å². The van der Waals surface area contributed by atoms with Gasteiger partial charge in [-0.1, -0.05) is 60.2 Å². The van der Waals surface area contributed by atoms with Crippen molar-refractivity contribution in [1.82, 2.24) is 5.32 Å². The van der Waals surface area contributed by atoms with Gasteiger partial charge in [-0.05, 0) is 37.8 Å². The maximum absolute atomic E-state index is 13.2. The van der Waals surface area contributed by atoms with Crippen LogP contribution in [0, 0.1) is 6.92 Å². The van der Waals surface area contributed by atoms with Gasteiger partial charge in [0.1, 0.15) is 6.61 Å². The van der Waals surface area contributed by atoms with E-state index >= 15 is 0 Å². The minimum Gasteiger partial charge on any atom is -0.457 e. The van der Waals surface area contributed by atoms with Gasteiger partial charge in [0, 0.05) is 29.3 Å². The van der Waals surface area contributed by atoms with E-state index in [0.717, 1.165) is 46.5 Å². The Bertz CT molecular complexity index is 1000. The number of benzene rings is 2. The van der Waals surface area contributed by atoms with Crippen molar-refractivity contribution in [3.63, 3.8) is 0 Å². The molecule has 148 valence electrons. The second-order valence-corrected chi connectivity index (χ2v) is 7.74. The van der Waals surface area contributed by atoms with E-state index in [0.29, 0.717) is 12.0 Å². The van der Waals surface area contributed by atoms with Crippen molar-refractivity contribution in [1.29, 1.82) is 0 Å². The lowest BCUT2D eigenvalue weighted by Crippen LogP contribution is -2.34. The van der Waals surface area contributed by atoms with Crippen LogP contribution in [0.2, 0.25) is 0 Å². The molecule has 0 radical (unpaired) electrons. The Morgan fingerprint density at radius 2 is 1.76 bits per heavy atom. The highest BCUT2D eigenvalue weighted by atomic mass is 16.5. The highest BCUT2D eigenvalue weighted by Crippen LogP contribution is 2.42. The topological polar surface area (TPSA) is 55.4 Å². The zero-order chi connectivity index (χ0) is 20.4. The number of rotatable bonds is 4. The van der Waals surface area contributed by atoms with Crippen LogP contribution in [-0.4, -0.2) is 11.8 Å². The fraction of sp³-hybridized carbons (Fsp3) is 0.280. The summed E-state index contributed by atoms with van der Waals surface area (Å²) < 4.78 is 5.66. The van der Waals surface area contributed by atoms with Crippen LogP contribution in [0.4, 0.5) is 0 Å². The summed E-state index contributed by atoms with van der Waals surface area (Å²) in [6.45, 7) is 4.12. The van der Waals surface area contributed by atoms with E-state index in [1.54, 1.807) is 0 Å². The number of hydrogen-bond acceptors (Lipinski definition) is 4. The number of nitrogens with one attached hydrogen (secondary N) is 1. The normalized spacial score (nSPS) is 19.0. The molecule has 1 heterocycles. The molecule has 0 amide bonds. The van der Waals surface area contributed by atoms with Crippen molar-refractivity contribution in [2.24, 2.45) is 0 Å². The zero-order valence-corrected chi connectivity index (χ0v) is 16.8. The molecular weight excluding hydrogens is 362 g/mol. The Kier molecular flexibility index (Phi) is 5.34. The first-order chi connectivity index (χ1) is 14.0. The SMILES string of the molecule is CC1=C(C(=O)OCc2ccccc2)C(c2ccc(C)cc2)C2=C(CCCC2=O)N1. The molecule has 1 unspecified atom stereocenters. The second kappa shape index (κ2) is 8.08. The van der Waals surface area contributed by atoms with Gasteiger partial charge in [0.05, 0.1) is 5.57 Å². The highest BCUT2D eigenvalue weighted by molar-refractivity contribution is 6.03. The second-order valence-electron chi connectivity index (χ2n) is 7.74. The Morgan fingerprint density at radius 3 is 2.48 bits per heavy atom. The number of hydrogen-bond donors (Lipinski definition) is 1. The monoisotopic (exact) mass is 387 g/mol. The lowest BCUT2D eigenvalue weighted by atomic mass is 9.75. The molecule has 1 N–H and O–H groups in total. The van der Waals surface area contributed by atoms with Gasteiger partial charge in [-0.25, -0.2) is 4.79 Å². The van der Waals surface area contributed by atoms with Crippen LogP contribution in [0.1, 0.15) is 48.8 Å². The fourth-order valence-corrected chi connectivity index (χ4v) is 4.15. The van der Waals surface area contributed by atoms with Crippen molar-refractivity contribution in [2.75, 3.05) is 0 Å². The lowest BCUT2D eigenvalue weighted by Gasteiger charge is -2.34. The van der Waals surface area contributed by atoms with E-state index in [2.05, 4.69) is 5.32 Å². The summed E-state index contributed by atoms with van der Waals surface area (Å²) in [6.07, 6.45) is 2.19. The summed E-state index contributed by atoms with van der Waals surface area (Å²) in [4.78, 5) is 26.0. The Balaban J connectivity index is 1.70. The molecule has 0 aromatic heterocycles. The molecule has 4 nitrogen and oxygen atoms in total. The first-order valence-electron chi connectivity index (χ1n) is 10.1. The molecule has 0 fully saturated rings. The number of Topliss-reactive ketones (excluding diaryl/α,β-unsaturated/α-hetero) is 1. The predicted octanol–water partition coefficient (Wildman–Crippen LogP) is 4.71. The smallest absolute Gasteiger partial charge is 0.337 e. The van der Waals surface area contributed by atoms with E-state index in [1.807, 2.05) is 68.4 Å². The van der Waals surface area contributed by atoms with Crippen LogP contribution < -0.4 is 5.32 Å². The third-order valence-corrected chi connectivity index (χ3v) is 5.62. The summed E-state index contributed by atoms with van der Waals surface area (Å²) in [5, 5.41) is 3.33. The number of esters is 1. The van der Waals surface area contributed by atoms with Gasteiger partial charge in [0.15, 0.2) is 5.78 Å². The van der Waals surface area contributed by atoms with Crippen LogP contribution in [0.25, 0.3) is 0 Å². The Labute approximate surface area is 171 Å². The molecule has 4 rings (SSSR count). The van der Waals surface area contributed by atoms with E-state index in [1.165, 1.54) is 0 Å². The molecule has 0 saturated carbocycles. The van der Waals surface area contributed by atoms with Crippen molar-refractivity contribution in [3.8, 4) is 0 Å². The molecule has 2 aromatic rings. The molecule has 4 heteroatoms. The minimum absolute atomic E-state index is 0.116. The molecule has 29 heavy (non-hydrogen) atoms. The number of dihydropyridines is 1. The average Bonchev–Trinajstić information content (AvgIpc) is 2.72. The number of aryl methyl sites for hydroxylation is 1. The summed E-state index contributed by atoms with van der Waals surface area (Å²) in [6, 6.07) is 17.7. The minimum atomic E-state index is -0.386. The Hall–Kier alpha value is -3.14. The molecular formula is C25H25NO3. The first-order valence-corrected chi connectivity index (χ1v) is 10.1. The van der Waals surface area contributed by atoms with E-state index in [9.17, 15) is 9.59 Å². The molecule has 2 aliphatic rings. The van der Waals surface area contributed by atoms with Gasteiger partial charge >= 0.3 is 5.97 Å². The van der Waals surface area contributed by atoms with Crippen molar-refractivity contribution in [3.05, 3.63) is 93.8 Å². The van der Waals surface area contributed by atoms with Crippen molar-refractivity contribution < 1.29 is 14.3 Å². The number of carbonyl (C=O) groups is 2. The van der Waals surface area contributed by atoms with Crippen LogP contribution in [0.5, 0.6) is 0 Å². The fourth-order valence-electron chi connectivity index (χ4n) is 4.15. The predicted molar refractivity (Wildman–Crippen MR) is 112 cm³/mol. The number of carbonyl (C=O) groups excluding carboxylic acids is 2. The largest absolute Gasteiger partial charge is 0.457 e. The van der Waals surface area contributed by atoms with E-state index < -0.39 is 0 Å². The van der Waals surface area contributed by atoms with Crippen LogP contribution >= 0.6 is 0 Å². The first kappa shape index (κ1) is 19.2. The number of allylic oxidation sites excluding steroid dienone is 3. The maximum Gasteiger partial charge on any atom is 0.337 e. The quantitative estimate of drug-likeness (QED) is 0.772. The van der Waals surface area contributed by atoms with Gasteiger partial charge in [0.2, 0.25) is 0 Å². The average molecular weight is 387 g/mol. The summed E-state index contributed by atoms with van der Waals surface area (Å²) in [7, 11) is 0. The van der Waals surface area contributed by atoms with Gasteiger partial charge < -0.3 is 10.1 Å². The van der Waals surface area contributed by atoms with Crippen LogP contribution in [0.3, 0.4) is 0 Å². The van der Waals surface area contributed by atoms with Crippen LogP contribution in [0.15, 0.2) is 77.1 Å². The van der Waals surface area contributed by atoms with Gasteiger partial charge in [-0.3, -0.25) is 4.79 Å². The third-order valence-electron chi connectivity index (χ3n) is 5.62. The standard InChI is InChI=1S/C25H25NO3/c1-16-11-13-19(14-12-16)23-22(25(28)29-15-18-7-4-3-5-8-18)17(2)26-20-9-6-10-21(27)24(20)23/h3-5,7-8,11-14,23,26H,6,9-10,15H2,1-2H3. The molecule has 1 atom stereocenters. The summed E-state index contributed by atoms with van der Waals surface area (Å²) in [5.74, 6) is -0.651. The lowest BCUT2D eigenvalue weighted by molar-refractivity contribution is -0.140. The molecule has 1 aliphatic heterocycles. The third kappa shape index (κ3) is 3.88. The zero-order valence-electron chi connectivity index (χ0n) is 16.8. The summed E-state index contributed by atoms with van der Waals surface area (Å²) in [5.41, 5.74) is 5.98. The Morgan fingerprint density at radius 1 is 1.03 bits per heavy atom. The molecule has 1 aliphatic carbocycles. The molecule has 0 spiro atoms. The van der Waals surface area contributed by atoms with Gasteiger partial charge in [-0.15, -0.1) is 0 Å². The number of ether oxygens (including phenoxy) is 1. The molecule has 0 bridgehead atoms. The maximum atomic E-state index is 13.2. The molecule has 2 aromatic carbocycles. The molecule has 0 saturated heterocycles. The number of ketones is 1. The highest BCUT2D eigenvalue weighted by Gasteiger charge is 2.39. The van der Waals surface area contributed by atoms with Gasteiger partial charge in [0.25, 0.3) is 0 Å². The summed E-state index contributed by atoms with van der Waals surface area (Å²) >= 11 is 0. The van der Waals surface area contributed by atoms with Gasteiger partial charge in [-0.2, -0.15) is 0 Å². The van der Waals surface area contributed by atoms with Crippen LogP contribution in [-0.2, 0) is 20.9 Å². The van der Waals surface area contributed by atoms with E-state index in [4.69, 9.17) is 4.74 Å². The van der Waals surface area contributed by atoms with Crippen molar-refractivity contribution >= 4 is 11.8 Å².